The Bertz CT molecular complexity index is 187. The standard InChI is InChI=1S/C8H12N2O/c1-3-10(4-2)8(11)6-5-7-9/h5-6H,3-4H2,1-2H3/b6-5+. The molecule has 0 radical (unpaired) electrons. The van der Waals surface area contributed by atoms with Crippen LogP contribution in [0.15, 0.2) is 12.2 Å². The van der Waals surface area contributed by atoms with E-state index in [1.807, 2.05) is 13.8 Å². The van der Waals surface area contributed by atoms with Gasteiger partial charge in [0.1, 0.15) is 0 Å². The minimum Gasteiger partial charge on any atom is -0.340 e. The molecule has 0 fully saturated rings. The SMILES string of the molecule is CCN(CC)C(=O)/C=C/C#N. The van der Waals surface area contributed by atoms with Gasteiger partial charge in [-0.25, -0.2) is 0 Å². The third-order valence-electron chi connectivity index (χ3n) is 1.38. The van der Waals surface area contributed by atoms with E-state index in [2.05, 4.69) is 0 Å². The van der Waals surface area contributed by atoms with Crippen LogP contribution in [0.4, 0.5) is 0 Å². The molecule has 0 aromatic carbocycles. The van der Waals surface area contributed by atoms with E-state index >= 15 is 0 Å². The number of carbonyl (C=O) groups is 1. The van der Waals surface area contributed by atoms with Crippen molar-refractivity contribution < 1.29 is 4.79 Å². The summed E-state index contributed by atoms with van der Waals surface area (Å²) in [5.74, 6) is -0.100. The van der Waals surface area contributed by atoms with Crippen LogP contribution in [0.5, 0.6) is 0 Å². The molecule has 1 amide bonds. The van der Waals surface area contributed by atoms with Crippen molar-refractivity contribution in [3.8, 4) is 6.07 Å². The number of carbonyl (C=O) groups excluding carboxylic acids is 1. The van der Waals surface area contributed by atoms with Crippen molar-refractivity contribution in [3.63, 3.8) is 0 Å². The first kappa shape index (κ1) is 9.70. The van der Waals surface area contributed by atoms with Crippen LogP contribution in [0.1, 0.15) is 13.8 Å². The molecule has 0 unspecified atom stereocenters. The van der Waals surface area contributed by atoms with Crippen molar-refractivity contribution in [2.45, 2.75) is 13.8 Å². The lowest BCUT2D eigenvalue weighted by Crippen LogP contribution is -2.28. The highest BCUT2D eigenvalue weighted by molar-refractivity contribution is 5.87. The van der Waals surface area contributed by atoms with Gasteiger partial charge in [-0.05, 0) is 13.8 Å². The second-order valence-corrected chi connectivity index (χ2v) is 1.97. The largest absolute Gasteiger partial charge is 0.340 e. The fourth-order valence-corrected chi connectivity index (χ4v) is 0.749. The summed E-state index contributed by atoms with van der Waals surface area (Å²) in [5, 5.41) is 8.13. The van der Waals surface area contributed by atoms with Crippen molar-refractivity contribution in [1.82, 2.24) is 4.90 Å². The summed E-state index contributed by atoms with van der Waals surface area (Å²) < 4.78 is 0. The van der Waals surface area contributed by atoms with Crippen molar-refractivity contribution in [2.75, 3.05) is 13.1 Å². The first-order chi connectivity index (χ1) is 5.26. The molecule has 11 heavy (non-hydrogen) atoms. The Hall–Kier alpha value is -1.30. The predicted octanol–water partition coefficient (Wildman–Crippen LogP) is 0.935. The van der Waals surface area contributed by atoms with Crippen LogP contribution in [-0.2, 0) is 4.79 Å². The molecule has 0 rings (SSSR count). The summed E-state index contributed by atoms with van der Waals surface area (Å²) >= 11 is 0. The van der Waals surface area contributed by atoms with E-state index in [1.165, 1.54) is 12.2 Å². The van der Waals surface area contributed by atoms with Crippen LogP contribution in [0.2, 0.25) is 0 Å². The molecular formula is C8H12N2O. The second kappa shape index (κ2) is 5.48. The van der Waals surface area contributed by atoms with Gasteiger partial charge in [-0.3, -0.25) is 4.79 Å². The van der Waals surface area contributed by atoms with Crippen LogP contribution in [0, 0.1) is 11.3 Å². The quantitative estimate of drug-likeness (QED) is 0.446. The van der Waals surface area contributed by atoms with Gasteiger partial charge in [0, 0.05) is 25.2 Å². The summed E-state index contributed by atoms with van der Waals surface area (Å²) in [4.78, 5) is 12.7. The average Bonchev–Trinajstić information content (AvgIpc) is 2.03. The molecule has 3 heteroatoms. The zero-order valence-electron chi connectivity index (χ0n) is 6.87. The van der Waals surface area contributed by atoms with Crippen molar-refractivity contribution in [1.29, 1.82) is 5.26 Å². The molecule has 0 bridgehead atoms. The summed E-state index contributed by atoms with van der Waals surface area (Å²) in [7, 11) is 0. The lowest BCUT2D eigenvalue weighted by Gasteiger charge is -2.15. The first-order valence-corrected chi connectivity index (χ1v) is 3.61. The fraction of sp³-hybridized carbons (Fsp3) is 0.500. The summed E-state index contributed by atoms with van der Waals surface area (Å²) in [5.41, 5.74) is 0. The van der Waals surface area contributed by atoms with E-state index in [4.69, 9.17) is 5.26 Å². The number of hydrogen-bond donors (Lipinski definition) is 0. The molecular weight excluding hydrogens is 140 g/mol. The van der Waals surface area contributed by atoms with Crippen LogP contribution < -0.4 is 0 Å². The Balaban J connectivity index is 4.02. The lowest BCUT2D eigenvalue weighted by molar-refractivity contribution is -0.125. The maximum atomic E-state index is 11.1. The van der Waals surface area contributed by atoms with Gasteiger partial charge in [-0.15, -0.1) is 0 Å². The first-order valence-electron chi connectivity index (χ1n) is 3.61. The average molecular weight is 152 g/mol. The van der Waals surface area contributed by atoms with E-state index in [0.717, 1.165) is 0 Å². The monoisotopic (exact) mass is 152 g/mol. The summed E-state index contributed by atoms with van der Waals surface area (Å²) in [6.45, 7) is 5.18. The van der Waals surface area contributed by atoms with Crippen LogP contribution in [0.25, 0.3) is 0 Å². The van der Waals surface area contributed by atoms with Crippen molar-refractivity contribution in [2.24, 2.45) is 0 Å². The van der Waals surface area contributed by atoms with Gasteiger partial charge >= 0.3 is 0 Å². The fourth-order valence-electron chi connectivity index (χ4n) is 0.749. The van der Waals surface area contributed by atoms with Crippen molar-refractivity contribution >= 4 is 5.91 Å². The Kier molecular flexibility index (Phi) is 4.83. The Labute approximate surface area is 66.9 Å². The molecule has 3 nitrogen and oxygen atoms in total. The number of amides is 1. The van der Waals surface area contributed by atoms with Gasteiger partial charge in [0.25, 0.3) is 0 Å². The number of likely N-dealkylation sites (N-methyl/N-ethyl adjacent to an activating group) is 1. The van der Waals surface area contributed by atoms with Gasteiger partial charge < -0.3 is 4.90 Å². The Morgan fingerprint density at radius 3 is 2.45 bits per heavy atom. The smallest absolute Gasteiger partial charge is 0.247 e. The maximum Gasteiger partial charge on any atom is 0.247 e. The molecule has 0 heterocycles. The molecule has 0 aromatic rings. The third-order valence-corrected chi connectivity index (χ3v) is 1.38. The molecule has 0 atom stereocenters. The van der Waals surface area contributed by atoms with Crippen LogP contribution in [-0.4, -0.2) is 23.9 Å². The zero-order chi connectivity index (χ0) is 8.69. The van der Waals surface area contributed by atoms with E-state index < -0.39 is 0 Å². The second-order valence-electron chi connectivity index (χ2n) is 1.97. The van der Waals surface area contributed by atoms with Gasteiger partial charge in [0.2, 0.25) is 5.91 Å². The highest BCUT2D eigenvalue weighted by atomic mass is 16.2. The normalized spacial score (nSPS) is 9.55. The molecule has 0 saturated carbocycles. The maximum absolute atomic E-state index is 11.1. The number of allylic oxidation sites excluding steroid dienone is 1. The van der Waals surface area contributed by atoms with Gasteiger partial charge in [-0.2, -0.15) is 5.26 Å². The highest BCUT2D eigenvalue weighted by Crippen LogP contribution is 1.89. The predicted molar refractivity (Wildman–Crippen MR) is 42.7 cm³/mol. The molecule has 0 aromatic heterocycles. The molecule has 0 N–H and O–H groups in total. The molecule has 0 saturated heterocycles. The molecule has 0 spiro atoms. The minimum atomic E-state index is -0.100. The number of rotatable bonds is 3. The topological polar surface area (TPSA) is 44.1 Å². The van der Waals surface area contributed by atoms with Gasteiger partial charge in [0.05, 0.1) is 6.07 Å². The minimum absolute atomic E-state index is 0.100. The Morgan fingerprint density at radius 2 is 2.09 bits per heavy atom. The van der Waals surface area contributed by atoms with Crippen LogP contribution in [0.3, 0.4) is 0 Å². The summed E-state index contributed by atoms with van der Waals surface area (Å²) in [6.07, 6.45) is 2.48. The molecule has 0 aliphatic carbocycles. The molecule has 0 aliphatic heterocycles. The van der Waals surface area contributed by atoms with Crippen molar-refractivity contribution in [3.05, 3.63) is 12.2 Å². The number of nitriles is 1. The van der Waals surface area contributed by atoms with E-state index in [9.17, 15) is 4.79 Å². The van der Waals surface area contributed by atoms with Crippen LogP contribution >= 0.6 is 0 Å². The lowest BCUT2D eigenvalue weighted by atomic mass is 10.4. The highest BCUT2D eigenvalue weighted by Gasteiger charge is 2.03. The summed E-state index contributed by atoms with van der Waals surface area (Å²) in [6, 6.07) is 1.77. The van der Waals surface area contributed by atoms with Gasteiger partial charge in [-0.1, -0.05) is 0 Å². The van der Waals surface area contributed by atoms with Gasteiger partial charge in [0.15, 0.2) is 0 Å². The van der Waals surface area contributed by atoms with E-state index in [1.54, 1.807) is 11.0 Å². The number of hydrogen-bond acceptors (Lipinski definition) is 2. The number of nitrogens with zero attached hydrogens (tertiary/aromatic N) is 2. The third kappa shape index (κ3) is 3.41. The van der Waals surface area contributed by atoms with E-state index in [0.29, 0.717) is 13.1 Å². The van der Waals surface area contributed by atoms with E-state index in [-0.39, 0.29) is 5.91 Å². The zero-order valence-corrected chi connectivity index (χ0v) is 6.87. The molecule has 60 valence electrons. The Morgan fingerprint density at radius 1 is 1.55 bits per heavy atom. The molecule has 0 aliphatic rings.